The summed E-state index contributed by atoms with van der Waals surface area (Å²) < 4.78 is 25.6. The van der Waals surface area contributed by atoms with Crippen LogP contribution in [-0.2, 0) is 16.9 Å². The second-order valence-electron chi connectivity index (χ2n) is 7.99. The molecule has 0 saturated carbocycles. The van der Waals surface area contributed by atoms with Crippen LogP contribution in [0.25, 0.3) is 0 Å². The van der Waals surface area contributed by atoms with Crippen molar-refractivity contribution < 1.29 is 8.42 Å². The molecule has 2 rings (SSSR count). The number of piperidine rings is 1. The standard InChI is InChI=1S/C18H34N6O2S.HI/c1-6-19-17(20-9-11-27(25,26)18(2,3)4)22-15-8-7-10-24(13-15)16-12-21-23(5)14-16;/h12,14-15H,6-11,13H2,1-5H3,(H2,19,20,22);1H. The number of aryl methyl sites for hydroxylation is 1. The van der Waals surface area contributed by atoms with Crippen molar-refractivity contribution in [3.63, 3.8) is 0 Å². The number of guanidine groups is 1. The number of halogens is 1. The zero-order valence-corrected chi connectivity index (χ0v) is 20.8. The van der Waals surface area contributed by atoms with Gasteiger partial charge in [0.2, 0.25) is 0 Å². The van der Waals surface area contributed by atoms with Crippen LogP contribution < -0.4 is 15.5 Å². The molecule has 28 heavy (non-hydrogen) atoms. The Balaban J connectivity index is 0.00000392. The number of sulfone groups is 1. The molecule has 0 aliphatic carbocycles. The summed E-state index contributed by atoms with van der Waals surface area (Å²) in [7, 11) is -1.24. The van der Waals surface area contributed by atoms with Crippen LogP contribution in [0.3, 0.4) is 0 Å². The quantitative estimate of drug-likeness (QED) is 0.334. The zero-order chi connectivity index (χ0) is 20.1. The Morgan fingerprint density at radius 1 is 1.39 bits per heavy atom. The van der Waals surface area contributed by atoms with Crippen molar-refractivity contribution in [3.8, 4) is 0 Å². The molecular formula is C18H35IN6O2S. The van der Waals surface area contributed by atoms with Gasteiger partial charge in [-0.1, -0.05) is 0 Å². The molecule has 162 valence electrons. The van der Waals surface area contributed by atoms with Gasteiger partial charge in [0, 0.05) is 38.9 Å². The van der Waals surface area contributed by atoms with E-state index in [1.165, 1.54) is 0 Å². The lowest BCUT2D eigenvalue weighted by atomic mass is 10.1. The third-order valence-electron chi connectivity index (χ3n) is 4.73. The fraction of sp³-hybridized carbons (Fsp3) is 0.778. The van der Waals surface area contributed by atoms with Crippen molar-refractivity contribution in [2.24, 2.45) is 12.0 Å². The van der Waals surface area contributed by atoms with Crippen molar-refractivity contribution in [1.29, 1.82) is 0 Å². The van der Waals surface area contributed by atoms with E-state index in [0.717, 1.165) is 38.2 Å². The van der Waals surface area contributed by atoms with Gasteiger partial charge in [0.15, 0.2) is 15.8 Å². The predicted octanol–water partition coefficient (Wildman–Crippen LogP) is 1.78. The second-order valence-corrected chi connectivity index (χ2v) is 10.9. The molecule has 0 bridgehead atoms. The van der Waals surface area contributed by atoms with E-state index in [1.54, 1.807) is 20.8 Å². The molecule has 1 aliphatic heterocycles. The number of nitrogens with zero attached hydrogens (tertiary/aromatic N) is 4. The zero-order valence-electron chi connectivity index (χ0n) is 17.6. The fourth-order valence-electron chi connectivity index (χ4n) is 3.00. The molecule has 1 aliphatic rings. The highest BCUT2D eigenvalue weighted by atomic mass is 127. The van der Waals surface area contributed by atoms with Crippen LogP contribution in [0.1, 0.15) is 40.5 Å². The molecular weight excluding hydrogens is 491 g/mol. The molecule has 1 atom stereocenters. The van der Waals surface area contributed by atoms with E-state index in [0.29, 0.717) is 5.96 Å². The van der Waals surface area contributed by atoms with Gasteiger partial charge < -0.3 is 15.5 Å². The maximum Gasteiger partial charge on any atom is 0.191 e. The maximum atomic E-state index is 12.3. The summed E-state index contributed by atoms with van der Waals surface area (Å²) in [6, 6.07) is 0.260. The molecule has 1 saturated heterocycles. The topological polar surface area (TPSA) is 91.6 Å². The summed E-state index contributed by atoms with van der Waals surface area (Å²) in [5.74, 6) is 0.735. The first-order chi connectivity index (χ1) is 12.6. The van der Waals surface area contributed by atoms with Crippen LogP contribution in [0.2, 0.25) is 0 Å². The summed E-state index contributed by atoms with van der Waals surface area (Å²) in [6.07, 6.45) is 6.06. The first-order valence-corrected chi connectivity index (χ1v) is 11.3. The Kier molecular flexibility index (Phi) is 9.51. The molecule has 0 amide bonds. The molecule has 1 unspecified atom stereocenters. The summed E-state index contributed by atoms with van der Waals surface area (Å²) in [5.41, 5.74) is 1.13. The second kappa shape index (κ2) is 10.7. The molecule has 1 aromatic rings. The van der Waals surface area contributed by atoms with Crippen LogP contribution in [-0.4, -0.2) is 66.9 Å². The molecule has 1 fully saturated rings. The highest BCUT2D eigenvalue weighted by molar-refractivity contribution is 14.0. The first kappa shape index (κ1) is 25.0. The molecule has 1 aromatic heterocycles. The number of aromatic nitrogens is 2. The summed E-state index contributed by atoms with van der Waals surface area (Å²) >= 11 is 0. The fourth-order valence-corrected chi connectivity index (χ4v) is 3.94. The van der Waals surface area contributed by atoms with Gasteiger partial charge in [-0.2, -0.15) is 5.10 Å². The molecule has 2 heterocycles. The van der Waals surface area contributed by atoms with E-state index in [2.05, 4.69) is 25.6 Å². The van der Waals surface area contributed by atoms with Gasteiger partial charge in [-0.25, -0.2) is 8.42 Å². The van der Waals surface area contributed by atoms with Gasteiger partial charge in [-0.05, 0) is 40.5 Å². The van der Waals surface area contributed by atoms with Crippen LogP contribution in [0.5, 0.6) is 0 Å². The van der Waals surface area contributed by atoms with Crippen molar-refractivity contribution in [2.45, 2.75) is 51.3 Å². The minimum atomic E-state index is -3.16. The molecule has 8 nitrogen and oxygen atoms in total. The van der Waals surface area contributed by atoms with Gasteiger partial charge in [0.25, 0.3) is 0 Å². The van der Waals surface area contributed by atoms with Crippen molar-refractivity contribution in [3.05, 3.63) is 12.4 Å². The van der Waals surface area contributed by atoms with E-state index < -0.39 is 14.6 Å². The van der Waals surface area contributed by atoms with Gasteiger partial charge in [0.05, 0.1) is 28.9 Å². The Morgan fingerprint density at radius 2 is 2.11 bits per heavy atom. The Labute approximate surface area is 186 Å². The van der Waals surface area contributed by atoms with Crippen LogP contribution >= 0.6 is 24.0 Å². The lowest BCUT2D eigenvalue weighted by Crippen LogP contribution is -2.51. The van der Waals surface area contributed by atoms with E-state index in [1.807, 2.05) is 31.0 Å². The van der Waals surface area contributed by atoms with E-state index >= 15 is 0 Å². The number of anilines is 1. The summed E-state index contributed by atoms with van der Waals surface area (Å²) in [4.78, 5) is 6.81. The number of hydrogen-bond donors (Lipinski definition) is 2. The lowest BCUT2D eigenvalue weighted by Gasteiger charge is -2.34. The van der Waals surface area contributed by atoms with Crippen LogP contribution in [0.4, 0.5) is 5.69 Å². The van der Waals surface area contributed by atoms with Gasteiger partial charge >= 0.3 is 0 Å². The predicted molar refractivity (Wildman–Crippen MR) is 127 cm³/mol. The lowest BCUT2D eigenvalue weighted by molar-refractivity contribution is 0.468. The molecule has 10 heteroatoms. The first-order valence-electron chi connectivity index (χ1n) is 9.63. The van der Waals surface area contributed by atoms with Crippen molar-refractivity contribution >= 4 is 45.5 Å². The highest BCUT2D eigenvalue weighted by Crippen LogP contribution is 2.19. The van der Waals surface area contributed by atoms with Gasteiger partial charge in [-0.15, -0.1) is 24.0 Å². The van der Waals surface area contributed by atoms with Crippen LogP contribution in [0, 0.1) is 0 Å². The number of hydrogen-bond acceptors (Lipinski definition) is 5. The summed E-state index contributed by atoms with van der Waals surface area (Å²) in [6.45, 7) is 10.1. The average Bonchev–Trinajstić information content (AvgIpc) is 3.00. The monoisotopic (exact) mass is 526 g/mol. The number of aliphatic imine (C=N–C) groups is 1. The Hall–Kier alpha value is -1.04. The smallest absolute Gasteiger partial charge is 0.191 e. The third-order valence-corrected chi connectivity index (χ3v) is 7.31. The normalized spacial score (nSPS) is 18.5. The highest BCUT2D eigenvalue weighted by Gasteiger charge is 2.28. The SMILES string of the molecule is CCNC(=NCCS(=O)(=O)C(C)(C)C)NC1CCCN(c2cnn(C)c2)C1.I. The van der Waals surface area contributed by atoms with Crippen molar-refractivity contribution in [2.75, 3.05) is 36.8 Å². The Bertz CT molecular complexity index is 742. The molecule has 0 radical (unpaired) electrons. The molecule has 0 spiro atoms. The number of nitrogens with one attached hydrogen (secondary N) is 2. The minimum absolute atomic E-state index is 0. The Morgan fingerprint density at radius 3 is 2.68 bits per heavy atom. The summed E-state index contributed by atoms with van der Waals surface area (Å²) in [5, 5.41) is 10.9. The minimum Gasteiger partial charge on any atom is -0.367 e. The average molecular weight is 526 g/mol. The third kappa shape index (κ3) is 7.09. The van der Waals surface area contributed by atoms with Crippen molar-refractivity contribution in [1.82, 2.24) is 20.4 Å². The number of rotatable bonds is 6. The molecule has 2 N–H and O–H groups in total. The van der Waals surface area contributed by atoms with E-state index in [4.69, 9.17) is 0 Å². The van der Waals surface area contributed by atoms with E-state index in [9.17, 15) is 8.42 Å². The van der Waals surface area contributed by atoms with Gasteiger partial charge in [0.1, 0.15) is 0 Å². The van der Waals surface area contributed by atoms with Crippen LogP contribution in [0.15, 0.2) is 17.4 Å². The van der Waals surface area contributed by atoms with Gasteiger partial charge in [-0.3, -0.25) is 9.67 Å². The maximum absolute atomic E-state index is 12.3. The largest absolute Gasteiger partial charge is 0.367 e. The molecule has 0 aromatic carbocycles. The van der Waals surface area contributed by atoms with E-state index in [-0.39, 0.29) is 42.3 Å².